The van der Waals surface area contributed by atoms with Crippen molar-refractivity contribution in [3.05, 3.63) is 56.7 Å². The number of benzene rings is 1. The van der Waals surface area contributed by atoms with Gasteiger partial charge in [0.2, 0.25) is 5.90 Å². The van der Waals surface area contributed by atoms with Crippen molar-refractivity contribution in [3.8, 4) is 0 Å². The van der Waals surface area contributed by atoms with Crippen molar-refractivity contribution in [2.75, 3.05) is 6.61 Å². The van der Waals surface area contributed by atoms with Crippen LogP contribution in [0.25, 0.3) is 5.57 Å². The van der Waals surface area contributed by atoms with Crippen LogP contribution in [-0.4, -0.2) is 23.6 Å². The number of aliphatic imine (C=N–C) groups is 1. The predicted octanol–water partition coefficient (Wildman–Crippen LogP) is 4.35. The third kappa shape index (κ3) is 2.65. The fourth-order valence-electron chi connectivity index (χ4n) is 2.32. The van der Waals surface area contributed by atoms with E-state index < -0.39 is 5.97 Å². The topological polar surface area (TPSA) is 58.9 Å². The van der Waals surface area contributed by atoms with E-state index in [1.165, 1.54) is 17.4 Å². The van der Waals surface area contributed by atoms with Crippen molar-refractivity contribution >= 4 is 46.1 Å². The number of hydrogen-bond donors (Lipinski definition) is 1. The molecule has 1 N–H and O–H groups in total. The lowest BCUT2D eigenvalue weighted by atomic mass is 10.0. The van der Waals surface area contributed by atoms with E-state index in [9.17, 15) is 9.90 Å². The Labute approximate surface area is 136 Å². The number of carboxylic acid groups (broad SMARTS) is 1. The summed E-state index contributed by atoms with van der Waals surface area (Å²) >= 11 is 7.45. The minimum Gasteiger partial charge on any atom is -0.478 e. The minimum absolute atomic E-state index is 0.460. The number of fused-ring (bicyclic) bond motifs is 2. The van der Waals surface area contributed by atoms with E-state index in [1.54, 1.807) is 6.07 Å². The van der Waals surface area contributed by atoms with Crippen molar-refractivity contribution in [3.63, 3.8) is 0 Å². The van der Waals surface area contributed by atoms with Gasteiger partial charge in [0.15, 0.2) is 0 Å². The van der Waals surface area contributed by atoms with Gasteiger partial charge in [-0.3, -0.25) is 0 Å². The third-order valence-corrected chi connectivity index (χ3v) is 4.44. The van der Waals surface area contributed by atoms with Crippen LogP contribution in [0, 0.1) is 0 Å². The van der Waals surface area contributed by atoms with Crippen LogP contribution in [0.3, 0.4) is 0 Å². The molecule has 1 aromatic heterocycles. The Bertz CT molecular complexity index is 807. The van der Waals surface area contributed by atoms with Crippen LogP contribution in [0.5, 0.6) is 0 Å². The number of nitrogens with zero attached hydrogens (tertiary/aromatic N) is 1. The summed E-state index contributed by atoms with van der Waals surface area (Å²) in [6.07, 6.45) is 1.19. The van der Waals surface area contributed by atoms with Gasteiger partial charge in [-0.1, -0.05) is 29.8 Å². The second-order valence-electron chi connectivity index (χ2n) is 4.56. The number of hydrogen-bond acceptors (Lipinski definition) is 4. The molecule has 0 saturated heterocycles. The molecule has 0 amide bonds. The van der Waals surface area contributed by atoms with Gasteiger partial charge in [0.25, 0.3) is 0 Å². The molecule has 4 nitrogen and oxygen atoms in total. The zero-order valence-corrected chi connectivity index (χ0v) is 13.2. The Morgan fingerprint density at radius 1 is 1.41 bits per heavy atom. The quantitative estimate of drug-likeness (QED) is 0.831. The maximum atomic E-state index is 11.2. The van der Waals surface area contributed by atoms with Gasteiger partial charge >= 0.3 is 5.97 Å². The predicted molar refractivity (Wildman–Crippen MR) is 88.3 cm³/mol. The number of carboxylic acids is 1. The summed E-state index contributed by atoms with van der Waals surface area (Å²) in [5.41, 5.74) is 2.74. The molecule has 6 heteroatoms. The smallest absolute Gasteiger partial charge is 0.328 e. The van der Waals surface area contributed by atoms with Gasteiger partial charge in [-0.15, -0.1) is 11.3 Å². The Morgan fingerprint density at radius 2 is 2.18 bits per heavy atom. The summed E-state index contributed by atoms with van der Waals surface area (Å²) in [6.45, 7) is 2.34. The van der Waals surface area contributed by atoms with Crippen LogP contribution >= 0.6 is 22.9 Å². The van der Waals surface area contributed by atoms with Crippen LogP contribution in [0.1, 0.15) is 22.9 Å². The molecule has 2 heterocycles. The molecule has 0 bridgehead atoms. The van der Waals surface area contributed by atoms with Gasteiger partial charge in [0.1, 0.15) is 0 Å². The Balaban J connectivity index is 2.33. The zero-order chi connectivity index (χ0) is 15.7. The lowest BCUT2D eigenvalue weighted by Gasteiger charge is -2.06. The first-order chi connectivity index (χ1) is 10.6. The fourth-order valence-corrected chi connectivity index (χ4v) is 3.57. The first-order valence-corrected chi connectivity index (χ1v) is 7.85. The molecule has 1 aliphatic heterocycles. The van der Waals surface area contributed by atoms with E-state index in [2.05, 4.69) is 4.99 Å². The molecular formula is C16H12ClNO3S. The Morgan fingerprint density at radius 3 is 2.91 bits per heavy atom. The Hall–Kier alpha value is -2.11. The molecule has 0 spiro atoms. The number of ether oxygens (including phenoxy) is 1. The fraction of sp³-hybridized carbons (Fsp3) is 0.125. The average molecular weight is 334 g/mol. The highest BCUT2D eigenvalue weighted by Crippen LogP contribution is 2.42. The maximum Gasteiger partial charge on any atom is 0.328 e. The molecule has 2 aromatic rings. The monoisotopic (exact) mass is 333 g/mol. The van der Waals surface area contributed by atoms with Gasteiger partial charge < -0.3 is 9.84 Å². The molecule has 0 unspecified atom stereocenters. The van der Waals surface area contributed by atoms with Crippen molar-refractivity contribution in [1.82, 2.24) is 0 Å². The summed E-state index contributed by atoms with van der Waals surface area (Å²) < 4.78 is 6.20. The number of carbonyl (C=O) groups is 1. The van der Waals surface area contributed by atoms with Crippen LogP contribution < -0.4 is 0 Å². The van der Waals surface area contributed by atoms with Crippen LogP contribution in [0.4, 0.5) is 5.69 Å². The number of rotatable bonds is 2. The van der Waals surface area contributed by atoms with Crippen molar-refractivity contribution in [1.29, 1.82) is 0 Å². The van der Waals surface area contributed by atoms with Gasteiger partial charge in [-0.25, -0.2) is 9.79 Å². The standard InChI is InChI=1S/C16H12ClNO3S/c1-2-21-16-11-7-13(17)22-15(11)10(8-14(19)20)9-5-3-4-6-12(9)18-16/h3-8H,2H2,1H3,(H,19,20)/b10-8+. The van der Waals surface area contributed by atoms with Crippen molar-refractivity contribution in [2.24, 2.45) is 4.99 Å². The molecule has 1 aliphatic rings. The maximum absolute atomic E-state index is 11.2. The van der Waals surface area contributed by atoms with Crippen molar-refractivity contribution < 1.29 is 14.6 Å². The first-order valence-electron chi connectivity index (χ1n) is 6.65. The van der Waals surface area contributed by atoms with Crippen LogP contribution in [0.15, 0.2) is 41.4 Å². The number of aliphatic carboxylic acids is 1. The van der Waals surface area contributed by atoms with E-state index in [0.717, 1.165) is 16.0 Å². The summed E-state index contributed by atoms with van der Waals surface area (Å²) in [7, 11) is 0. The highest BCUT2D eigenvalue weighted by molar-refractivity contribution is 7.17. The van der Waals surface area contributed by atoms with Gasteiger partial charge in [-0.05, 0) is 19.1 Å². The van der Waals surface area contributed by atoms with Crippen LogP contribution in [0.2, 0.25) is 4.34 Å². The summed E-state index contributed by atoms with van der Waals surface area (Å²) in [4.78, 5) is 16.5. The molecule has 0 radical (unpaired) electrons. The van der Waals surface area contributed by atoms with Crippen LogP contribution in [-0.2, 0) is 9.53 Å². The molecule has 1 aromatic carbocycles. The second kappa shape index (κ2) is 5.94. The van der Waals surface area contributed by atoms with Gasteiger partial charge in [0.05, 0.1) is 22.2 Å². The molecule has 3 rings (SSSR count). The summed E-state index contributed by atoms with van der Waals surface area (Å²) in [5.74, 6) is -0.554. The highest BCUT2D eigenvalue weighted by atomic mass is 35.5. The molecule has 0 aliphatic carbocycles. The molecule has 112 valence electrons. The summed E-state index contributed by atoms with van der Waals surface area (Å²) in [6, 6.07) is 9.15. The van der Waals surface area contributed by atoms with Gasteiger partial charge in [0, 0.05) is 22.1 Å². The average Bonchev–Trinajstić information content (AvgIpc) is 2.82. The number of thiophene rings is 1. The molecule has 0 fully saturated rings. The normalized spacial score (nSPS) is 14.8. The van der Waals surface area contributed by atoms with E-state index >= 15 is 0 Å². The van der Waals surface area contributed by atoms with E-state index in [4.69, 9.17) is 16.3 Å². The second-order valence-corrected chi connectivity index (χ2v) is 6.24. The van der Waals surface area contributed by atoms with E-state index in [-0.39, 0.29) is 0 Å². The Kier molecular flexibility index (Phi) is 4.00. The number of para-hydroxylation sites is 1. The summed E-state index contributed by atoms with van der Waals surface area (Å²) in [5, 5.41) is 9.21. The number of halogens is 1. The lowest BCUT2D eigenvalue weighted by molar-refractivity contribution is -0.131. The highest BCUT2D eigenvalue weighted by Gasteiger charge is 2.25. The molecule has 0 atom stereocenters. The first kappa shape index (κ1) is 14.8. The molecular weight excluding hydrogens is 322 g/mol. The molecule has 0 saturated carbocycles. The lowest BCUT2D eigenvalue weighted by Crippen LogP contribution is -2.06. The third-order valence-electron chi connectivity index (χ3n) is 3.14. The molecule has 22 heavy (non-hydrogen) atoms. The van der Waals surface area contributed by atoms with Gasteiger partial charge in [-0.2, -0.15) is 0 Å². The SMILES string of the molecule is CCOC1=Nc2ccccc2/C(=C\C(=O)O)c2sc(Cl)cc21. The minimum atomic E-state index is -1.01. The zero-order valence-electron chi connectivity index (χ0n) is 11.7. The van der Waals surface area contributed by atoms with Crippen molar-refractivity contribution in [2.45, 2.75) is 6.92 Å². The van der Waals surface area contributed by atoms with E-state index in [0.29, 0.717) is 28.1 Å². The largest absolute Gasteiger partial charge is 0.478 e. The van der Waals surface area contributed by atoms with E-state index in [1.807, 2.05) is 31.2 Å².